The molecular formula is C25H34N4O7S. The third kappa shape index (κ3) is 8.17. The van der Waals surface area contributed by atoms with E-state index in [0.29, 0.717) is 23.4 Å². The van der Waals surface area contributed by atoms with Crippen LogP contribution in [0.25, 0.3) is 0 Å². The van der Waals surface area contributed by atoms with E-state index in [1.165, 1.54) is 24.1 Å². The fraction of sp³-hybridized carbons (Fsp3) is 0.440. The second kappa shape index (κ2) is 12.5. The number of methoxy groups -OCH3 is 1. The monoisotopic (exact) mass is 534 g/mol. The molecule has 0 aliphatic rings. The number of non-ortho nitro benzene ring substituents is 1. The van der Waals surface area contributed by atoms with Gasteiger partial charge in [-0.15, -0.1) is 0 Å². The Morgan fingerprint density at radius 2 is 1.81 bits per heavy atom. The van der Waals surface area contributed by atoms with Gasteiger partial charge in [-0.2, -0.15) is 0 Å². The van der Waals surface area contributed by atoms with Crippen LogP contribution in [0.1, 0.15) is 31.9 Å². The van der Waals surface area contributed by atoms with E-state index in [4.69, 9.17) is 4.74 Å². The van der Waals surface area contributed by atoms with E-state index in [0.717, 1.165) is 16.6 Å². The van der Waals surface area contributed by atoms with Crippen molar-refractivity contribution in [2.45, 2.75) is 40.3 Å². The average Bonchev–Trinajstić information content (AvgIpc) is 2.83. The highest BCUT2D eigenvalue weighted by Gasteiger charge is 2.31. The molecule has 2 aromatic rings. The third-order valence-corrected chi connectivity index (χ3v) is 6.82. The van der Waals surface area contributed by atoms with Crippen molar-refractivity contribution in [3.8, 4) is 5.75 Å². The molecule has 0 saturated carbocycles. The lowest BCUT2D eigenvalue weighted by Crippen LogP contribution is -2.51. The maximum atomic E-state index is 13.6. The number of hydrogen-bond acceptors (Lipinski definition) is 7. The van der Waals surface area contributed by atoms with Crippen molar-refractivity contribution in [1.82, 2.24) is 10.2 Å². The minimum atomic E-state index is -4.02. The molecule has 2 amide bonds. The van der Waals surface area contributed by atoms with Crippen LogP contribution in [0.5, 0.6) is 5.75 Å². The highest BCUT2D eigenvalue weighted by molar-refractivity contribution is 7.92. The number of carbonyl (C=O) groups excluding carboxylic acids is 2. The number of ether oxygens (including phenoxy) is 1. The van der Waals surface area contributed by atoms with Gasteiger partial charge in [-0.1, -0.05) is 32.0 Å². The maximum absolute atomic E-state index is 13.6. The molecule has 2 rings (SSSR count). The minimum absolute atomic E-state index is 0.0117. The fourth-order valence-corrected chi connectivity index (χ4v) is 4.48. The summed E-state index contributed by atoms with van der Waals surface area (Å²) in [6.45, 7) is 6.82. The highest BCUT2D eigenvalue weighted by Crippen LogP contribution is 2.28. The van der Waals surface area contributed by atoms with Crippen molar-refractivity contribution in [2.75, 3.05) is 30.8 Å². The summed E-state index contributed by atoms with van der Waals surface area (Å²) in [4.78, 5) is 38.5. The van der Waals surface area contributed by atoms with Crippen LogP contribution in [0.15, 0.2) is 42.5 Å². The van der Waals surface area contributed by atoms with E-state index in [1.807, 2.05) is 13.8 Å². The predicted molar refractivity (Wildman–Crippen MR) is 141 cm³/mol. The zero-order valence-corrected chi connectivity index (χ0v) is 22.7. The normalized spacial score (nSPS) is 12.1. The Kier molecular flexibility index (Phi) is 10.0. The van der Waals surface area contributed by atoms with E-state index < -0.39 is 33.4 Å². The van der Waals surface area contributed by atoms with Gasteiger partial charge in [0.1, 0.15) is 18.3 Å². The third-order valence-electron chi connectivity index (χ3n) is 5.69. The van der Waals surface area contributed by atoms with Gasteiger partial charge in [-0.05, 0) is 43.0 Å². The van der Waals surface area contributed by atoms with Crippen LogP contribution in [-0.4, -0.2) is 62.6 Å². The molecule has 0 bridgehead atoms. The number of benzene rings is 2. The van der Waals surface area contributed by atoms with Crippen molar-refractivity contribution < 1.29 is 27.7 Å². The molecule has 37 heavy (non-hydrogen) atoms. The van der Waals surface area contributed by atoms with E-state index >= 15 is 0 Å². The van der Waals surface area contributed by atoms with Gasteiger partial charge in [0.25, 0.3) is 5.69 Å². The Balaban J connectivity index is 2.47. The summed E-state index contributed by atoms with van der Waals surface area (Å²) in [5.74, 6) is -0.281. The zero-order chi connectivity index (χ0) is 27.9. The van der Waals surface area contributed by atoms with Crippen LogP contribution >= 0.6 is 0 Å². The quantitative estimate of drug-likeness (QED) is 0.326. The molecule has 1 atom stereocenters. The summed E-state index contributed by atoms with van der Waals surface area (Å²) in [6.07, 6.45) is 0.920. The number of nitrogens with one attached hydrogen (secondary N) is 1. The molecule has 0 unspecified atom stereocenters. The second-order valence-electron chi connectivity index (χ2n) is 9.19. The van der Waals surface area contributed by atoms with Crippen LogP contribution < -0.4 is 14.4 Å². The van der Waals surface area contributed by atoms with Crippen molar-refractivity contribution in [3.63, 3.8) is 0 Å². The SMILES string of the molecule is COc1cccc(CN(C(=O)CN(c2cc([N+](=O)[O-])ccc2C)S(C)(=O)=O)[C@@H](C)C(=O)NCC(C)C)c1. The lowest BCUT2D eigenvalue weighted by Gasteiger charge is -2.32. The Hall–Kier alpha value is -3.67. The first-order valence-electron chi connectivity index (χ1n) is 11.7. The van der Waals surface area contributed by atoms with Gasteiger partial charge in [-0.3, -0.25) is 24.0 Å². The molecule has 0 fully saturated rings. The molecule has 0 radical (unpaired) electrons. The summed E-state index contributed by atoms with van der Waals surface area (Å²) < 4.78 is 31.6. The molecule has 11 nitrogen and oxygen atoms in total. The first-order valence-corrected chi connectivity index (χ1v) is 13.5. The Bertz CT molecular complexity index is 1250. The Morgan fingerprint density at radius 1 is 1.14 bits per heavy atom. The van der Waals surface area contributed by atoms with Gasteiger partial charge >= 0.3 is 0 Å². The highest BCUT2D eigenvalue weighted by atomic mass is 32.2. The average molecular weight is 535 g/mol. The number of hydrogen-bond donors (Lipinski definition) is 1. The Morgan fingerprint density at radius 3 is 2.38 bits per heavy atom. The lowest BCUT2D eigenvalue weighted by atomic mass is 10.1. The number of nitro groups is 1. The van der Waals surface area contributed by atoms with Gasteiger partial charge in [0.15, 0.2) is 0 Å². The predicted octanol–water partition coefficient (Wildman–Crippen LogP) is 2.87. The number of carbonyl (C=O) groups is 2. The van der Waals surface area contributed by atoms with Crippen LogP contribution in [0, 0.1) is 23.0 Å². The number of anilines is 1. The standard InChI is InChI=1S/C25H34N4O7S/c1-17(2)14-26-25(31)19(4)27(15-20-8-7-9-22(12-20)36-5)24(30)16-28(37(6,34)35)23-13-21(29(32)33)11-10-18(23)3/h7-13,17,19H,14-16H2,1-6H3,(H,26,31)/t19-/m0/s1. The van der Waals surface area contributed by atoms with Gasteiger partial charge in [0, 0.05) is 25.2 Å². The first-order chi connectivity index (χ1) is 17.2. The molecule has 0 aliphatic heterocycles. The van der Waals surface area contributed by atoms with Gasteiger partial charge in [0.2, 0.25) is 21.8 Å². The van der Waals surface area contributed by atoms with Crippen LogP contribution in [0.2, 0.25) is 0 Å². The van der Waals surface area contributed by atoms with Gasteiger partial charge in [-0.25, -0.2) is 8.42 Å². The number of rotatable bonds is 12. The van der Waals surface area contributed by atoms with Crippen LogP contribution in [-0.2, 0) is 26.2 Å². The maximum Gasteiger partial charge on any atom is 0.271 e. The second-order valence-corrected chi connectivity index (χ2v) is 11.1. The van der Waals surface area contributed by atoms with Crippen molar-refractivity contribution >= 4 is 33.2 Å². The van der Waals surface area contributed by atoms with E-state index in [9.17, 15) is 28.1 Å². The zero-order valence-electron chi connectivity index (χ0n) is 21.9. The fourth-order valence-electron chi connectivity index (χ4n) is 3.58. The van der Waals surface area contributed by atoms with Crippen LogP contribution in [0.3, 0.4) is 0 Å². The molecule has 0 heterocycles. The topological polar surface area (TPSA) is 139 Å². The minimum Gasteiger partial charge on any atom is -0.497 e. The number of nitrogens with zero attached hydrogens (tertiary/aromatic N) is 3. The van der Waals surface area contributed by atoms with Crippen molar-refractivity contribution in [2.24, 2.45) is 5.92 Å². The van der Waals surface area contributed by atoms with Gasteiger partial charge in [0.05, 0.1) is 24.0 Å². The molecule has 0 saturated heterocycles. The molecule has 202 valence electrons. The summed E-state index contributed by atoms with van der Waals surface area (Å²) >= 11 is 0. The molecule has 0 aliphatic carbocycles. The summed E-state index contributed by atoms with van der Waals surface area (Å²) in [7, 11) is -2.51. The van der Waals surface area contributed by atoms with E-state index in [2.05, 4.69) is 5.32 Å². The van der Waals surface area contributed by atoms with E-state index in [1.54, 1.807) is 38.1 Å². The summed E-state index contributed by atoms with van der Waals surface area (Å²) in [6, 6.07) is 9.85. The van der Waals surface area contributed by atoms with E-state index in [-0.39, 0.29) is 29.7 Å². The number of amides is 2. The molecular weight excluding hydrogens is 500 g/mol. The number of aryl methyl sites for hydroxylation is 1. The molecule has 0 spiro atoms. The Labute approximate surface area is 217 Å². The van der Waals surface area contributed by atoms with Crippen molar-refractivity contribution in [3.05, 3.63) is 63.7 Å². The number of sulfonamides is 1. The number of nitro benzene ring substituents is 1. The first kappa shape index (κ1) is 29.6. The molecule has 1 N–H and O–H groups in total. The molecule has 12 heteroatoms. The van der Waals surface area contributed by atoms with Gasteiger partial charge < -0.3 is 15.0 Å². The van der Waals surface area contributed by atoms with Crippen LogP contribution in [0.4, 0.5) is 11.4 Å². The van der Waals surface area contributed by atoms with Crippen molar-refractivity contribution in [1.29, 1.82) is 0 Å². The molecule has 2 aromatic carbocycles. The summed E-state index contributed by atoms with van der Waals surface area (Å²) in [5.41, 5.74) is 0.819. The lowest BCUT2D eigenvalue weighted by molar-refractivity contribution is -0.384. The smallest absolute Gasteiger partial charge is 0.271 e. The molecule has 0 aromatic heterocycles. The summed E-state index contributed by atoms with van der Waals surface area (Å²) in [5, 5.41) is 14.1. The largest absolute Gasteiger partial charge is 0.497 e.